The number of hydrogen-bond donors (Lipinski definition) is 2. The van der Waals surface area contributed by atoms with Crippen LogP contribution >= 0.6 is 0 Å². The monoisotopic (exact) mass is 234 g/mol. The Bertz CT molecular complexity index is 380. The smallest absolute Gasteiger partial charge is 0.253 e. The van der Waals surface area contributed by atoms with E-state index in [-0.39, 0.29) is 11.3 Å². The van der Waals surface area contributed by atoms with Gasteiger partial charge >= 0.3 is 0 Å². The molecule has 0 spiro atoms. The van der Waals surface area contributed by atoms with Crippen molar-refractivity contribution in [2.75, 3.05) is 18.4 Å². The molecule has 3 nitrogen and oxygen atoms in total. The zero-order valence-corrected chi connectivity index (χ0v) is 11.1. The predicted octanol–water partition coefficient (Wildman–Crippen LogP) is 2.89. The van der Waals surface area contributed by atoms with Gasteiger partial charge in [0.25, 0.3) is 5.91 Å². The van der Waals surface area contributed by atoms with Gasteiger partial charge in [-0.05, 0) is 24.5 Å². The number of nitrogens with one attached hydrogen (secondary N) is 2. The minimum atomic E-state index is -0.0172. The van der Waals surface area contributed by atoms with Gasteiger partial charge in [0.15, 0.2) is 0 Å². The van der Waals surface area contributed by atoms with Crippen LogP contribution in [0, 0.1) is 5.41 Å². The first-order chi connectivity index (χ1) is 7.94. The zero-order chi connectivity index (χ0) is 12.9. The summed E-state index contributed by atoms with van der Waals surface area (Å²) in [5.74, 6) is -0.0172. The van der Waals surface area contributed by atoms with E-state index < -0.39 is 0 Å². The fourth-order valence-corrected chi connectivity index (χ4v) is 1.47. The second-order valence-electron chi connectivity index (χ2n) is 5.32. The number of hydrogen-bond acceptors (Lipinski definition) is 2. The minimum Gasteiger partial charge on any atom is -0.385 e. The van der Waals surface area contributed by atoms with Crippen LogP contribution in [0.2, 0.25) is 0 Å². The van der Waals surface area contributed by atoms with Gasteiger partial charge in [-0.1, -0.05) is 32.9 Å². The largest absolute Gasteiger partial charge is 0.385 e. The predicted molar refractivity (Wildman–Crippen MR) is 72.4 cm³/mol. The fourth-order valence-electron chi connectivity index (χ4n) is 1.47. The van der Waals surface area contributed by atoms with Crippen molar-refractivity contribution < 1.29 is 4.79 Å². The lowest BCUT2D eigenvalue weighted by atomic mass is 9.97. The molecule has 94 valence electrons. The molecule has 0 atom stereocenters. The summed E-state index contributed by atoms with van der Waals surface area (Å²) in [5, 5.41) is 6.15. The summed E-state index contributed by atoms with van der Waals surface area (Å²) in [6.45, 7) is 9.80. The number of rotatable bonds is 4. The number of benzene rings is 1. The van der Waals surface area contributed by atoms with E-state index in [2.05, 4.69) is 31.4 Å². The van der Waals surface area contributed by atoms with Gasteiger partial charge in [0.05, 0.1) is 5.56 Å². The average Bonchev–Trinajstić information content (AvgIpc) is 2.26. The molecule has 0 saturated heterocycles. The molecule has 1 amide bonds. The Morgan fingerprint density at radius 1 is 1.24 bits per heavy atom. The molecule has 0 saturated carbocycles. The zero-order valence-electron chi connectivity index (χ0n) is 11.1. The van der Waals surface area contributed by atoms with Crippen LogP contribution < -0.4 is 10.6 Å². The van der Waals surface area contributed by atoms with Crippen molar-refractivity contribution in [1.82, 2.24) is 5.32 Å². The molecule has 0 heterocycles. The first-order valence-electron chi connectivity index (χ1n) is 6.05. The van der Waals surface area contributed by atoms with E-state index in [9.17, 15) is 4.79 Å². The van der Waals surface area contributed by atoms with Crippen LogP contribution in [-0.4, -0.2) is 19.0 Å². The van der Waals surface area contributed by atoms with Crippen LogP contribution in [0.15, 0.2) is 24.3 Å². The standard InChI is InChI=1S/C14H22N2O/c1-5-15-12-9-7-6-8-11(12)13(17)16-10-14(2,3)4/h6-9,15H,5,10H2,1-4H3,(H,16,17). The Morgan fingerprint density at radius 2 is 1.88 bits per heavy atom. The van der Waals surface area contributed by atoms with Gasteiger partial charge in [0, 0.05) is 18.8 Å². The van der Waals surface area contributed by atoms with Crippen molar-refractivity contribution in [3.8, 4) is 0 Å². The van der Waals surface area contributed by atoms with Crippen molar-refractivity contribution in [3.05, 3.63) is 29.8 Å². The Kier molecular flexibility index (Phi) is 4.55. The van der Waals surface area contributed by atoms with E-state index in [0.29, 0.717) is 12.1 Å². The Labute approximate surface area is 104 Å². The van der Waals surface area contributed by atoms with Crippen molar-refractivity contribution in [1.29, 1.82) is 0 Å². The second-order valence-corrected chi connectivity index (χ2v) is 5.32. The third-order valence-electron chi connectivity index (χ3n) is 2.32. The Morgan fingerprint density at radius 3 is 2.47 bits per heavy atom. The number of amides is 1. The molecule has 1 aromatic rings. The summed E-state index contributed by atoms with van der Waals surface area (Å²) < 4.78 is 0. The Hall–Kier alpha value is -1.51. The highest BCUT2D eigenvalue weighted by Gasteiger charge is 2.14. The lowest BCUT2D eigenvalue weighted by Gasteiger charge is -2.19. The third-order valence-corrected chi connectivity index (χ3v) is 2.32. The second kappa shape index (κ2) is 5.71. The summed E-state index contributed by atoms with van der Waals surface area (Å²) in [6.07, 6.45) is 0. The van der Waals surface area contributed by atoms with Crippen LogP contribution in [0.4, 0.5) is 5.69 Å². The van der Waals surface area contributed by atoms with Gasteiger partial charge in [-0.15, -0.1) is 0 Å². The molecule has 0 aliphatic rings. The van der Waals surface area contributed by atoms with Crippen molar-refractivity contribution in [3.63, 3.8) is 0 Å². The lowest BCUT2D eigenvalue weighted by molar-refractivity contribution is 0.0940. The first-order valence-corrected chi connectivity index (χ1v) is 6.05. The molecule has 1 aromatic carbocycles. The maximum absolute atomic E-state index is 12.0. The number of carbonyl (C=O) groups excluding carboxylic acids is 1. The SMILES string of the molecule is CCNc1ccccc1C(=O)NCC(C)(C)C. The highest BCUT2D eigenvalue weighted by Crippen LogP contribution is 2.16. The van der Waals surface area contributed by atoms with Gasteiger partial charge in [-0.2, -0.15) is 0 Å². The van der Waals surface area contributed by atoms with Crippen molar-refractivity contribution in [2.45, 2.75) is 27.7 Å². The highest BCUT2D eigenvalue weighted by molar-refractivity contribution is 5.99. The van der Waals surface area contributed by atoms with Crippen LogP contribution in [0.25, 0.3) is 0 Å². The molecule has 0 radical (unpaired) electrons. The summed E-state index contributed by atoms with van der Waals surface area (Å²) in [5.41, 5.74) is 1.70. The van der Waals surface area contributed by atoms with Gasteiger partial charge in [0.1, 0.15) is 0 Å². The number of anilines is 1. The maximum Gasteiger partial charge on any atom is 0.253 e. The van der Waals surface area contributed by atoms with E-state index in [1.54, 1.807) is 0 Å². The molecule has 0 aliphatic carbocycles. The van der Waals surface area contributed by atoms with Gasteiger partial charge in [0.2, 0.25) is 0 Å². The molecule has 3 heteroatoms. The van der Waals surface area contributed by atoms with E-state index in [4.69, 9.17) is 0 Å². The molecule has 2 N–H and O–H groups in total. The molecule has 1 rings (SSSR count). The summed E-state index contributed by atoms with van der Waals surface area (Å²) >= 11 is 0. The molecule has 17 heavy (non-hydrogen) atoms. The lowest BCUT2D eigenvalue weighted by Crippen LogP contribution is -2.32. The summed E-state index contributed by atoms with van der Waals surface area (Å²) in [7, 11) is 0. The first kappa shape index (κ1) is 13.6. The van der Waals surface area contributed by atoms with E-state index in [1.807, 2.05) is 31.2 Å². The van der Waals surface area contributed by atoms with Crippen LogP contribution in [0.1, 0.15) is 38.1 Å². The van der Waals surface area contributed by atoms with Crippen LogP contribution in [0.3, 0.4) is 0 Å². The minimum absolute atomic E-state index is 0.0172. The van der Waals surface area contributed by atoms with Crippen molar-refractivity contribution >= 4 is 11.6 Å². The topological polar surface area (TPSA) is 41.1 Å². The average molecular weight is 234 g/mol. The number of carbonyl (C=O) groups is 1. The summed E-state index contributed by atoms with van der Waals surface area (Å²) in [4.78, 5) is 12.0. The van der Waals surface area contributed by atoms with E-state index in [1.165, 1.54) is 0 Å². The quantitative estimate of drug-likeness (QED) is 0.841. The fraction of sp³-hybridized carbons (Fsp3) is 0.500. The molecular formula is C14H22N2O. The summed E-state index contributed by atoms with van der Waals surface area (Å²) in [6, 6.07) is 7.58. The van der Waals surface area contributed by atoms with Gasteiger partial charge in [-0.25, -0.2) is 0 Å². The number of para-hydroxylation sites is 1. The van der Waals surface area contributed by atoms with E-state index in [0.717, 1.165) is 12.2 Å². The Balaban J connectivity index is 2.74. The van der Waals surface area contributed by atoms with Crippen LogP contribution in [-0.2, 0) is 0 Å². The van der Waals surface area contributed by atoms with Crippen LogP contribution in [0.5, 0.6) is 0 Å². The highest BCUT2D eigenvalue weighted by atomic mass is 16.1. The molecule has 0 aromatic heterocycles. The van der Waals surface area contributed by atoms with E-state index >= 15 is 0 Å². The van der Waals surface area contributed by atoms with Gasteiger partial charge in [-0.3, -0.25) is 4.79 Å². The molecule has 0 unspecified atom stereocenters. The van der Waals surface area contributed by atoms with Crippen molar-refractivity contribution in [2.24, 2.45) is 5.41 Å². The molecular weight excluding hydrogens is 212 g/mol. The molecule has 0 bridgehead atoms. The maximum atomic E-state index is 12.0. The third kappa shape index (κ3) is 4.47. The molecule has 0 aliphatic heterocycles. The normalized spacial score (nSPS) is 11.1. The van der Waals surface area contributed by atoms with Gasteiger partial charge < -0.3 is 10.6 Å². The molecule has 0 fully saturated rings.